The van der Waals surface area contributed by atoms with Crippen LogP contribution in [-0.2, 0) is 6.61 Å². The molecule has 3 N–H and O–H groups in total. The minimum Gasteiger partial charge on any atom is -0.484 e. The number of halogens is 3. The van der Waals surface area contributed by atoms with Crippen molar-refractivity contribution in [3.63, 3.8) is 0 Å². The minimum absolute atomic E-state index is 0.0173. The van der Waals surface area contributed by atoms with Crippen LogP contribution in [0.1, 0.15) is 38.1 Å². The average Bonchev–Trinajstić information content (AvgIpc) is 3.53. The highest BCUT2D eigenvalue weighted by Gasteiger charge is 2.26. The number of primary amides is 1. The third-order valence-electron chi connectivity index (χ3n) is 5.54. The Morgan fingerprint density at radius 3 is 2.53 bits per heavy atom. The number of pyridine rings is 1. The maximum absolute atomic E-state index is 13.6. The first-order valence-electron chi connectivity index (χ1n) is 11.2. The molecule has 0 radical (unpaired) electrons. The van der Waals surface area contributed by atoms with E-state index in [-0.39, 0.29) is 27.8 Å². The van der Waals surface area contributed by atoms with Gasteiger partial charge in [0.15, 0.2) is 5.76 Å². The van der Waals surface area contributed by atoms with Gasteiger partial charge in [-0.2, -0.15) is 0 Å². The van der Waals surface area contributed by atoms with E-state index >= 15 is 0 Å². The van der Waals surface area contributed by atoms with Crippen LogP contribution in [0.15, 0.2) is 77.2 Å². The van der Waals surface area contributed by atoms with E-state index < -0.39 is 23.9 Å². The van der Waals surface area contributed by atoms with Crippen LogP contribution >= 0.6 is 22.9 Å². The number of rotatable bonds is 8. The molecule has 0 unspecified atom stereocenters. The van der Waals surface area contributed by atoms with Gasteiger partial charge in [0.1, 0.15) is 33.5 Å². The maximum Gasteiger partial charge on any atom is 0.291 e. The van der Waals surface area contributed by atoms with Crippen LogP contribution in [0.5, 0.6) is 5.75 Å². The fourth-order valence-electron chi connectivity index (χ4n) is 3.83. The number of hydrogen-bond acceptors (Lipinski definition) is 6. The highest BCUT2D eigenvalue weighted by atomic mass is 35.5. The van der Waals surface area contributed by atoms with Gasteiger partial charge >= 0.3 is 0 Å². The summed E-state index contributed by atoms with van der Waals surface area (Å²) >= 11 is 6.92. The van der Waals surface area contributed by atoms with Gasteiger partial charge < -0.3 is 20.2 Å². The molecule has 38 heavy (non-hydrogen) atoms. The number of aromatic nitrogens is 1. The Labute approximate surface area is 223 Å². The number of ether oxygens (including phenoxy) is 1. The zero-order chi connectivity index (χ0) is 26.8. The summed E-state index contributed by atoms with van der Waals surface area (Å²) in [5.41, 5.74) is 6.17. The third kappa shape index (κ3) is 5.09. The molecule has 0 fully saturated rings. The van der Waals surface area contributed by atoms with Crippen molar-refractivity contribution in [3.8, 4) is 16.9 Å². The number of furan rings is 1. The number of fused-ring (bicyclic) bond motifs is 1. The smallest absolute Gasteiger partial charge is 0.291 e. The Balaban J connectivity index is 1.50. The van der Waals surface area contributed by atoms with Crippen LogP contribution in [-0.4, -0.2) is 16.8 Å². The molecule has 0 aliphatic carbocycles. The summed E-state index contributed by atoms with van der Waals surface area (Å²) in [5, 5.41) is 3.42. The molecular formula is C27H18ClF2N3O4S. The van der Waals surface area contributed by atoms with Crippen molar-refractivity contribution in [2.45, 2.75) is 13.0 Å². The van der Waals surface area contributed by atoms with Gasteiger partial charge in [0.2, 0.25) is 0 Å². The van der Waals surface area contributed by atoms with Crippen LogP contribution in [0.25, 0.3) is 21.3 Å². The first-order valence-corrected chi connectivity index (χ1v) is 12.4. The average molecular weight is 554 g/mol. The van der Waals surface area contributed by atoms with Crippen molar-refractivity contribution in [1.82, 2.24) is 4.98 Å². The molecule has 7 nitrogen and oxygen atoms in total. The number of benzene rings is 2. The Kier molecular flexibility index (Phi) is 7.08. The lowest BCUT2D eigenvalue weighted by Gasteiger charge is -2.10. The Morgan fingerprint density at radius 1 is 1.08 bits per heavy atom. The monoisotopic (exact) mass is 553 g/mol. The molecule has 5 rings (SSSR count). The second-order valence-corrected chi connectivity index (χ2v) is 9.46. The van der Waals surface area contributed by atoms with E-state index in [9.17, 15) is 18.4 Å². The van der Waals surface area contributed by atoms with E-state index in [1.54, 1.807) is 60.7 Å². The number of amides is 2. The van der Waals surface area contributed by atoms with E-state index in [1.165, 1.54) is 12.1 Å². The number of nitrogens with one attached hydrogen (secondary N) is 1. The topological polar surface area (TPSA) is 107 Å². The Morgan fingerprint density at radius 2 is 1.82 bits per heavy atom. The van der Waals surface area contributed by atoms with Gasteiger partial charge in [0, 0.05) is 5.39 Å². The van der Waals surface area contributed by atoms with Crippen LogP contribution in [0.2, 0.25) is 5.02 Å². The summed E-state index contributed by atoms with van der Waals surface area (Å²) < 4.78 is 38.5. The molecule has 0 spiro atoms. The molecule has 0 aliphatic heterocycles. The largest absolute Gasteiger partial charge is 0.484 e. The van der Waals surface area contributed by atoms with Crippen LogP contribution < -0.4 is 15.8 Å². The predicted octanol–water partition coefficient (Wildman–Crippen LogP) is 7.08. The van der Waals surface area contributed by atoms with Crippen molar-refractivity contribution in [3.05, 3.63) is 99.9 Å². The van der Waals surface area contributed by atoms with Gasteiger partial charge in [-0.1, -0.05) is 54.1 Å². The summed E-state index contributed by atoms with van der Waals surface area (Å²) in [7, 11) is 0. The Bertz CT molecular complexity index is 1650. The zero-order valence-corrected chi connectivity index (χ0v) is 21.0. The van der Waals surface area contributed by atoms with E-state index in [0.29, 0.717) is 33.0 Å². The van der Waals surface area contributed by atoms with E-state index in [2.05, 4.69) is 10.3 Å². The lowest BCUT2D eigenvalue weighted by molar-refractivity contribution is 0.0992. The van der Waals surface area contributed by atoms with Crippen LogP contribution in [0.3, 0.4) is 0 Å². The van der Waals surface area contributed by atoms with Crippen LogP contribution in [0.4, 0.5) is 14.5 Å². The highest BCUT2D eigenvalue weighted by Crippen LogP contribution is 2.42. The summed E-state index contributed by atoms with van der Waals surface area (Å²) in [6, 6.07) is 19.9. The number of carbonyl (C=O) groups is 2. The van der Waals surface area contributed by atoms with Crippen molar-refractivity contribution in [2.75, 3.05) is 5.32 Å². The number of thiophene rings is 1. The van der Waals surface area contributed by atoms with Crippen molar-refractivity contribution < 1.29 is 27.5 Å². The summed E-state index contributed by atoms with van der Waals surface area (Å²) in [4.78, 5) is 29.6. The SMILES string of the molecule is NC(=O)c1sc2nc(C(F)F)cc(-c3ccccc3)c2c1NC(=O)c1ccc(COc2ccccc2Cl)o1. The Hall–Kier alpha value is -4.28. The lowest BCUT2D eigenvalue weighted by Crippen LogP contribution is -2.16. The van der Waals surface area contributed by atoms with Gasteiger partial charge in [0.25, 0.3) is 18.2 Å². The standard InChI is InChI=1S/C27H18ClF2N3O4S/c28-17-8-4-5-9-19(17)36-13-15-10-11-20(37-15)26(35)33-22-21-16(14-6-2-1-3-7-14)12-18(24(29)30)32-27(21)38-23(22)25(31)34/h1-12,24H,13H2,(H2,31,34)(H,33,35). The number of para-hydroxylation sites is 1. The molecule has 192 valence electrons. The molecule has 3 aromatic heterocycles. The number of anilines is 1. The van der Waals surface area contributed by atoms with Gasteiger partial charge in [-0.25, -0.2) is 13.8 Å². The minimum atomic E-state index is -2.84. The van der Waals surface area contributed by atoms with Gasteiger partial charge in [-0.05, 0) is 41.5 Å². The number of carbonyl (C=O) groups excluding carboxylic acids is 2. The fourth-order valence-corrected chi connectivity index (χ4v) is 5.04. The molecule has 0 bridgehead atoms. The quantitative estimate of drug-likeness (QED) is 0.213. The predicted molar refractivity (Wildman–Crippen MR) is 141 cm³/mol. The van der Waals surface area contributed by atoms with Gasteiger partial charge in [-0.3, -0.25) is 9.59 Å². The van der Waals surface area contributed by atoms with Crippen molar-refractivity contribution >= 4 is 50.7 Å². The zero-order valence-electron chi connectivity index (χ0n) is 19.4. The van der Waals surface area contributed by atoms with Gasteiger partial charge in [-0.15, -0.1) is 11.3 Å². The lowest BCUT2D eigenvalue weighted by atomic mass is 10.0. The van der Waals surface area contributed by atoms with Crippen molar-refractivity contribution in [1.29, 1.82) is 0 Å². The molecule has 3 heterocycles. The third-order valence-corrected chi connectivity index (χ3v) is 6.96. The molecule has 2 amide bonds. The van der Waals surface area contributed by atoms with Crippen LogP contribution in [0, 0.1) is 0 Å². The molecule has 11 heteroatoms. The van der Waals surface area contributed by atoms with Crippen molar-refractivity contribution in [2.24, 2.45) is 5.73 Å². The maximum atomic E-state index is 13.6. The molecular weight excluding hydrogens is 536 g/mol. The molecule has 5 aromatic rings. The number of alkyl halides is 2. The summed E-state index contributed by atoms with van der Waals surface area (Å²) in [6.45, 7) is 0.0173. The molecule has 2 aromatic carbocycles. The van der Waals surface area contributed by atoms with E-state index in [0.717, 1.165) is 11.3 Å². The molecule has 0 saturated heterocycles. The highest BCUT2D eigenvalue weighted by molar-refractivity contribution is 7.21. The normalized spacial score (nSPS) is 11.2. The molecule has 0 saturated carbocycles. The van der Waals surface area contributed by atoms with E-state index in [4.69, 9.17) is 26.5 Å². The molecule has 0 aliphatic rings. The number of nitrogens with zero attached hydrogens (tertiary/aromatic N) is 1. The fraction of sp³-hybridized carbons (Fsp3) is 0.0741. The van der Waals surface area contributed by atoms with Gasteiger partial charge in [0.05, 0.1) is 10.7 Å². The first-order chi connectivity index (χ1) is 18.3. The second-order valence-electron chi connectivity index (χ2n) is 8.05. The number of nitrogens with two attached hydrogens (primary N) is 1. The molecule has 0 atom stereocenters. The summed E-state index contributed by atoms with van der Waals surface area (Å²) in [5.74, 6) is -0.761. The second kappa shape index (κ2) is 10.6. The number of hydrogen-bond donors (Lipinski definition) is 2. The summed E-state index contributed by atoms with van der Waals surface area (Å²) in [6.07, 6.45) is -2.84. The van der Waals surface area contributed by atoms with E-state index in [1.807, 2.05) is 0 Å². The first kappa shape index (κ1) is 25.4.